The molecule has 1 heterocycles. The van der Waals surface area contributed by atoms with Gasteiger partial charge in [0.25, 0.3) is 5.91 Å². The zero-order valence-electron chi connectivity index (χ0n) is 14.0. The predicted molar refractivity (Wildman–Crippen MR) is 97.2 cm³/mol. The summed E-state index contributed by atoms with van der Waals surface area (Å²) in [5.41, 5.74) is 1.77. The van der Waals surface area contributed by atoms with E-state index in [1.54, 1.807) is 24.3 Å². The van der Waals surface area contributed by atoms with Gasteiger partial charge in [-0.1, -0.05) is 43.8 Å². The van der Waals surface area contributed by atoms with Gasteiger partial charge in [-0.2, -0.15) is 5.10 Å². The standard InChI is InChI=1S/C18H21N3O2S/c1-18(2)10-6-9-14(11-18)19-20-17-21(15(22)12-24-17)16(23)13-7-4-3-5-8-13/h3-5,7-8H,6,9-12H2,1-2H3/b19-14-,20-17+. The Labute approximate surface area is 146 Å². The number of amidine groups is 1. The second-order valence-corrected chi connectivity index (χ2v) is 7.87. The van der Waals surface area contributed by atoms with Gasteiger partial charge in [0.1, 0.15) is 0 Å². The SMILES string of the molecule is CC1(C)CCC/C(=N/N=C2/SCC(=O)N2C(=O)c2ccccc2)C1. The van der Waals surface area contributed by atoms with Crippen LogP contribution in [-0.4, -0.2) is 33.3 Å². The van der Waals surface area contributed by atoms with E-state index in [0.29, 0.717) is 10.7 Å². The highest BCUT2D eigenvalue weighted by Gasteiger charge is 2.34. The molecule has 1 aliphatic carbocycles. The number of carbonyl (C=O) groups is 2. The summed E-state index contributed by atoms with van der Waals surface area (Å²) in [6.45, 7) is 4.46. The number of hydrogen-bond donors (Lipinski definition) is 0. The Bertz CT molecular complexity index is 710. The van der Waals surface area contributed by atoms with Crippen molar-refractivity contribution in [2.75, 3.05) is 5.75 Å². The van der Waals surface area contributed by atoms with Crippen LogP contribution in [0.5, 0.6) is 0 Å². The second-order valence-electron chi connectivity index (χ2n) is 6.93. The fourth-order valence-electron chi connectivity index (χ4n) is 3.04. The molecule has 0 bridgehead atoms. The number of nitrogens with zero attached hydrogens (tertiary/aromatic N) is 3. The second kappa shape index (κ2) is 6.89. The van der Waals surface area contributed by atoms with Crippen molar-refractivity contribution < 1.29 is 9.59 Å². The summed E-state index contributed by atoms with van der Waals surface area (Å²) < 4.78 is 0. The van der Waals surface area contributed by atoms with Crippen LogP contribution in [-0.2, 0) is 4.79 Å². The third kappa shape index (κ3) is 3.75. The molecule has 0 unspecified atom stereocenters. The molecule has 1 aromatic carbocycles. The Morgan fingerprint density at radius 3 is 2.67 bits per heavy atom. The molecule has 5 nitrogen and oxygen atoms in total. The van der Waals surface area contributed by atoms with Crippen LogP contribution in [0.25, 0.3) is 0 Å². The molecule has 2 amide bonds. The molecular formula is C18H21N3O2S. The average molecular weight is 343 g/mol. The first kappa shape index (κ1) is 16.9. The monoisotopic (exact) mass is 343 g/mol. The molecule has 3 rings (SSSR count). The van der Waals surface area contributed by atoms with Gasteiger partial charge in [-0.15, -0.1) is 5.10 Å². The fourth-order valence-corrected chi connectivity index (χ4v) is 3.84. The van der Waals surface area contributed by atoms with Crippen LogP contribution in [0.2, 0.25) is 0 Å². The van der Waals surface area contributed by atoms with Crippen LogP contribution < -0.4 is 0 Å². The first-order valence-corrected chi connectivity index (χ1v) is 9.13. The van der Waals surface area contributed by atoms with E-state index in [1.807, 2.05) is 6.07 Å². The molecule has 1 saturated heterocycles. The van der Waals surface area contributed by atoms with Gasteiger partial charge >= 0.3 is 0 Å². The van der Waals surface area contributed by atoms with E-state index in [4.69, 9.17) is 0 Å². The van der Waals surface area contributed by atoms with E-state index in [0.717, 1.165) is 29.9 Å². The topological polar surface area (TPSA) is 62.1 Å². The van der Waals surface area contributed by atoms with Gasteiger partial charge in [-0.25, -0.2) is 4.90 Å². The number of imide groups is 1. The predicted octanol–water partition coefficient (Wildman–Crippen LogP) is 3.71. The lowest BCUT2D eigenvalue weighted by molar-refractivity contribution is -0.122. The van der Waals surface area contributed by atoms with E-state index < -0.39 is 0 Å². The zero-order chi connectivity index (χ0) is 17.2. The average Bonchev–Trinajstić information content (AvgIpc) is 2.93. The summed E-state index contributed by atoms with van der Waals surface area (Å²) in [5.74, 6) is -0.349. The van der Waals surface area contributed by atoms with E-state index >= 15 is 0 Å². The Kier molecular flexibility index (Phi) is 4.85. The van der Waals surface area contributed by atoms with E-state index in [9.17, 15) is 9.59 Å². The van der Waals surface area contributed by atoms with E-state index in [2.05, 4.69) is 24.1 Å². The molecule has 2 fully saturated rings. The van der Waals surface area contributed by atoms with Crippen molar-refractivity contribution in [2.45, 2.75) is 39.5 Å². The maximum atomic E-state index is 12.6. The summed E-state index contributed by atoms with van der Waals surface area (Å²) in [7, 11) is 0. The molecule has 0 radical (unpaired) electrons. The van der Waals surface area contributed by atoms with Gasteiger partial charge in [0.05, 0.1) is 5.75 Å². The van der Waals surface area contributed by atoms with E-state index in [1.165, 1.54) is 18.2 Å². The normalized spacial score (nSPS) is 23.9. The largest absolute Gasteiger partial charge is 0.273 e. The van der Waals surface area contributed by atoms with Gasteiger partial charge < -0.3 is 0 Å². The maximum Gasteiger partial charge on any atom is 0.266 e. The van der Waals surface area contributed by atoms with Crippen molar-refractivity contribution in [3.63, 3.8) is 0 Å². The third-order valence-electron chi connectivity index (χ3n) is 4.27. The maximum absolute atomic E-state index is 12.6. The minimum atomic E-state index is -0.339. The Hall–Kier alpha value is -1.95. The Balaban J connectivity index is 1.81. The molecule has 0 aromatic heterocycles. The van der Waals surface area contributed by atoms with Gasteiger partial charge in [-0.05, 0) is 43.2 Å². The molecule has 0 N–H and O–H groups in total. The fraction of sp³-hybridized carbons (Fsp3) is 0.444. The summed E-state index contributed by atoms with van der Waals surface area (Å²) in [5, 5.41) is 8.98. The molecule has 6 heteroatoms. The summed E-state index contributed by atoms with van der Waals surface area (Å²) >= 11 is 1.27. The van der Waals surface area contributed by atoms with Crippen LogP contribution in [0.4, 0.5) is 0 Å². The number of rotatable bonds is 2. The van der Waals surface area contributed by atoms with Crippen LogP contribution in [0, 0.1) is 5.41 Å². The highest BCUT2D eigenvalue weighted by atomic mass is 32.2. The summed E-state index contributed by atoms with van der Waals surface area (Å²) in [4.78, 5) is 25.8. The Morgan fingerprint density at radius 2 is 1.96 bits per heavy atom. The molecule has 2 aliphatic rings. The molecular weight excluding hydrogens is 322 g/mol. The van der Waals surface area contributed by atoms with Crippen LogP contribution in [0.1, 0.15) is 49.9 Å². The lowest BCUT2D eigenvalue weighted by Crippen LogP contribution is -2.35. The van der Waals surface area contributed by atoms with Crippen molar-refractivity contribution in [2.24, 2.45) is 15.6 Å². The highest BCUT2D eigenvalue weighted by molar-refractivity contribution is 8.15. The zero-order valence-corrected chi connectivity index (χ0v) is 14.8. The van der Waals surface area contributed by atoms with Crippen molar-refractivity contribution in [3.05, 3.63) is 35.9 Å². The first-order chi connectivity index (χ1) is 11.5. The summed E-state index contributed by atoms with van der Waals surface area (Å²) in [6.07, 6.45) is 4.14. The minimum absolute atomic E-state index is 0.230. The van der Waals surface area contributed by atoms with Crippen molar-refractivity contribution in [3.8, 4) is 0 Å². The van der Waals surface area contributed by atoms with E-state index in [-0.39, 0.29) is 23.0 Å². The van der Waals surface area contributed by atoms with Crippen LogP contribution in [0.15, 0.2) is 40.5 Å². The van der Waals surface area contributed by atoms with Crippen molar-refractivity contribution in [1.82, 2.24) is 4.90 Å². The highest BCUT2D eigenvalue weighted by Crippen LogP contribution is 2.33. The molecule has 1 aromatic rings. The number of carbonyl (C=O) groups excluding carboxylic acids is 2. The molecule has 1 aliphatic heterocycles. The first-order valence-electron chi connectivity index (χ1n) is 8.15. The number of hydrogen-bond acceptors (Lipinski definition) is 5. The quantitative estimate of drug-likeness (QED) is 0.607. The lowest BCUT2D eigenvalue weighted by Gasteiger charge is -2.29. The van der Waals surface area contributed by atoms with Crippen LogP contribution in [0.3, 0.4) is 0 Å². The number of amides is 2. The molecule has 126 valence electrons. The molecule has 0 atom stereocenters. The minimum Gasteiger partial charge on any atom is -0.273 e. The van der Waals surface area contributed by atoms with Gasteiger partial charge in [-0.3, -0.25) is 9.59 Å². The smallest absolute Gasteiger partial charge is 0.266 e. The Morgan fingerprint density at radius 1 is 1.21 bits per heavy atom. The number of thioether (sulfide) groups is 1. The van der Waals surface area contributed by atoms with Crippen molar-refractivity contribution in [1.29, 1.82) is 0 Å². The van der Waals surface area contributed by atoms with Crippen LogP contribution >= 0.6 is 11.8 Å². The lowest BCUT2D eigenvalue weighted by atomic mass is 9.77. The molecule has 24 heavy (non-hydrogen) atoms. The third-order valence-corrected chi connectivity index (χ3v) is 5.18. The number of benzene rings is 1. The van der Waals surface area contributed by atoms with Gasteiger partial charge in [0.2, 0.25) is 5.91 Å². The molecule has 1 saturated carbocycles. The van der Waals surface area contributed by atoms with Crippen molar-refractivity contribution >= 4 is 34.5 Å². The van der Waals surface area contributed by atoms with Gasteiger partial charge in [0.15, 0.2) is 5.17 Å². The van der Waals surface area contributed by atoms with Gasteiger partial charge in [0, 0.05) is 11.3 Å². The molecule has 0 spiro atoms. The summed E-state index contributed by atoms with van der Waals surface area (Å²) in [6, 6.07) is 8.80.